The first-order valence-electron chi connectivity index (χ1n) is 15.0. The topological polar surface area (TPSA) is 13.1 Å². The molecule has 1 aromatic heterocycles. The molecule has 38 heavy (non-hydrogen) atoms. The Morgan fingerprint density at radius 2 is 1.71 bits per heavy atom. The van der Waals surface area contributed by atoms with E-state index in [2.05, 4.69) is 95.6 Å². The third-order valence-corrected chi connectivity index (χ3v) is 10.2. The van der Waals surface area contributed by atoms with Crippen molar-refractivity contribution in [1.82, 2.24) is 0 Å². The van der Waals surface area contributed by atoms with Crippen LogP contribution in [0.3, 0.4) is 0 Å². The molecular weight excluding hydrogens is 462 g/mol. The van der Waals surface area contributed by atoms with E-state index >= 15 is 0 Å². The van der Waals surface area contributed by atoms with Crippen LogP contribution in [-0.2, 0) is 13.5 Å². The molecule has 1 fully saturated rings. The van der Waals surface area contributed by atoms with Crippen molar-refractivity contribution in [2.75, 3.05) is 0 Å². The van der Waals surface area contributed by atoms with Crippen LogP contribution in [0.15, 0.2) is 42.5 Å². The third-order valence-electron chi connectivity index (χ3n) is 10.2. The molecule has 0 amide bonds. The number of fused-ring (bicyclic) bond motifs is 3. The molecule has 2 heterocycles. The van der Waals surface area contributed by atoms with Crippen LogP contribution in [0.2, 0.25) is 0 Å². The lowest BCUT2D eigenvalue weighted by molar-refractivity contribution is -0.633. The molecule has 0 spiro atoms. The lowest BCUT2D eigenvalue weighted by Gasteiger charge is -2.40. The summed E-state index contributed by atoms with van der Waals surface area (Å²) in [5.74, 6) is 3.30. The first-order valence-corrected chi connectivity index (χ1v) is 15.0. The number of ether oxygens (including phenoxy) is 1. The summed E-state index contributed by atoms with van der Waals surface area (Å²) in [4.78, 5) is 0. The van der Waals surface area contributed by atoms with Gasteiger partial charge in [-0.15, -0.1) is 0 Å². The van der Waals surface area contributed by atoms with Gasteiger partial charge in [-0.1, -0.05) is 64.8 Å². The Morgan fingerprint density at radius 1 is 1.00 bits per heavy atom. The van der Waals surface area contributed by atoms with Crippen molar-refractivity contribution in [3.63, 3.8) is 0 Å². The quantitative estimate of drug-likeness (QED) is 0.216. The number of para-hydroxylation sites is 1. The summed E-state index contributed by atoms with van der Waals surface area (Å²) in [6.07, 6.45) is 8.78. The third kappa shape index (κ3) is 3.86. The standard InChI is InChI=1S/C36H44NO/c1-8-36(9-2)16-14-26(15-17-36)32-28-12-10-11-13-29(28)37(7)34-31-24(6)23(5)19-27-20-25(18-22(3)4)21-30(33(27)31)38-35(32)34/h10-13,19-22,26H,8-9,14-18H2,1-7H3/q+1. The van der Waals surface area contributed by atoms with Gasteiger partial charge in [0.25, 0.3) is 5.69 Å². The number of rotatable bonds is 5. The van der Waals surface area contributed by atoms with Gasteiger partial charge in [0, 0.05) is 17.0 Å². The number of nitrogens with zero attached hydrogens (tertiary/aromatic N) is 1. The highest BCUT2D eigenvalue weighted by molar-refractivity contribution is 6.06. The van der Waals surface area contributed by atoms with Gasteiger partial charge in [0.05, 0.1) is 10.9 Å². The molecule has 6 rings (SSSR count). The van der Waals surface area contributed by atoms with Gasteiger partial charge >= 0.3 is 0 Å². The predicted octanol–water partition coefficient (Wildman–Crippen LogP) is 9.87. The largest absolute Gasteiger partial charge is 0.449 e. The van der Waals surface area contributed by atoms with Crippen LogP contribution >= 0.6 is 0 Å². The zero-order valence-corrected chi connectivity index (χ0v) is 24.5. The molecule has 0 N–H and O–H groups in total. The molecule has 2 heteroatoms. The molecule has 0 bridgehead atoms. The van der Waals surface area contributed by atoms with Gasteiger partial charge in [-0.2, -0.15) is 4.57 Å². The fourth-order valence-corrected chi connectivity index (χ4v) is 7.66. The highest BCUT2D eigenvalue weighted by atomic mass is 16.5. The van der Waals surface area contributed by atoms with Crippen LogP contribution in [-0.4, -0.2) is 0 Å². The van der Waals surface area contributed by atoms with Gasteiger partial charge in [-0.25, -0.2) is 0 Å². The maximum Gasteiger partial charge on any atom is 0.257 e. The van der Waals surface area contributed by atoms with Gasteiger partial charge in [0.15, 0.2) is 0 Å². The zero-order chi connectivity index (χ0) is 26.8. The van der Waals surface area contributed by atoms with Gasteiger partial charge in [0.1, 0.15) is 12.8 Å². The van der Waals surface area contributed by atoms with Crippen molar-refractivity contribution >= 4 is 21.7 Å². The number of hydrogen-bond donors (Lipinski definition) is 0. The predicted molar refractivity (Wildman–Crippen MR) is 160 cm³/mol. The molecule has 2 aliphatic rings. The van der Waals surface area contributed by atoms with E-state index in [9.17, 15) is 0 Å². The van der Waals surface area contributed by atoms with Crippen molar-refractivity contribution in [3.8, 4) is 22.8 Å². The first-order chi connectivity index (χ1) is 18.3. The highest BCUT2D eigenvalue weighted by Gasteiger charge is 2.40. The smallest absolute Gasteiger partial charge is 0.257 e. The summed E-state index contributed by atoms with van der Waals surface area (Å²) in [5.41, 5.74) is 10.0. The average molecular weight is 507 g/mol. The Hall–Kier alpha value is -2.87. The number of benzene rings is 3. The molecule has 2 nitrogen and oxygen atoms in total. The van der Waals surface area contributed by atoms with Crippen LogP contribution in [0.4, 0.5) is 0 Å². The number of aryl methyl sites for hydroxylation is 2. The Bertz CT molecular complexity index is 1550. The second-order valence-electron chi connectivity index (χ2n) is 12.7. The number of pyridine rings is 1. The van der Waals surface area contributed by atoms with E-state index in [0.29, 0.717) is 17.3 Å². The molecular formula is C36H44NO+. The Morgan fingerprint density at radius 3 is 2.39 bits per heavy atom. The lowest BCUT2D eigenvalue weighted by atomic mass is 9.66. The maximum atomic E-state index is 7.12. The van der Waals surface area contributed by atoms with E-state index in [-0.39, 0.29) is 0 Å². The van der Waals surface area contributed by atoms with E-state index in [4.69, 9.17) is 4.74 Å². The molecule has 3 aromatic carbocycles. The van der Waals surface area contributed by atoms with E-state index in [1.807, 2.05) is 0 Å². The second kappa shape index (κ2) is 9.40. The number of hydrogen-bond acceptors (Lipinski definition) is 1. The van der Waals surface area contributed by atoms with Crippen molar-refractivity contribution in [1.29, 1.82) is 0 Å². The lowest BCUT2D eigenvalue weighted by Crippen LogP contribution is -2.35. The van der Waals surface area contributed by atoms with Gasteiger partial charge in [-0.05, 0) is 97.4 Å². The Labute approximate surface area is 229 Å². The van der Waals surface area contributed by atoms with Crippen LogP contribution in [0.5, 0.6) is 11.5 Å². The number of aromatic nitrogens is 1. The SMILES string of the molecule is CCC1(CC)CCC(c2c3c([n+](C)c4ccccc24)-c2c(C)c(C)cc4cc(CC(C)C)cc(c24)O3)CC1. The van der Waals surface area contributed by atoms with E-state index < -0.39 is 0 Å². The minimum atomic E-state index is 0.518. The van der Waals surface area contributed by atoms with Gasteiger partial charge < -0.3 is 4.74 Å². The molecule has 1 aliphatic carbocycles. The van der Waals surface area contributed by atoms with Crippen molar-refractivity contribution in [3.05, 3.63) is 64.7 Å². The molecule has 1 aliphatic heterocycles. The van der Waals surface area contributed by atoms with Crippen molar-refractivity contribution < 1.29 is 9.30 Å². The van der Waals surface area contributed by atoms with E-state index in [0.717, 1.165) is 17.9 Å². The summed E-state index contributed by atoms with van der Waals surface area (Å²) in [5, 5.41) is 3.96. The summed E-state index contributed by atoms with van der Waals surface area (Å²) >= 11 is 0. The first kappa shape index (κ1) is 25.4. The highest BCUT2D eigenvalue weighted by Crippen LogP contribution is 2.55. The summed E-state index contributed by atoms with van der Waals surface area (Å²) < 4.78 is 9.53. The summed E-state index contributed by atoms with van der Waals surface area (Å²) in [7, 11) is 2.24. The molecule has 4 aromatic rings. The molecule has 0 unspecified atom stereocenters. The zero-order valence-electron chi connectivity index (χ0n) is 24.5. The van der Waals surface area contributed by atoms with Gasteiger partial charge in [-0.3, -0.25) is 0 Å². The van der Waals surface area contributed by atoms with Gasteiger partial charge in [0.2, 0.25) is 11.3 Å². The second-order valence-corrected chi connectivity index (χ2v) is 12.7. The van der Waals surface area contributed by atoms with E-state index in [1.165, 1.54) is 93.7 Å². The normalized spacial score (nSPS) is 16.7. The Balaban J connectivity index is 1.64. The molecule has 0 saturated heterocycles. The fraction of sp³-hybridized carbons (Fsp3) is 0.472. The summed E-state index contributed by atoms with van der Waals surface area (Å²) in [6, 6.07) is 16.1. The van der Waals surface area contributed by atoms with Crippen LogP contribution in [0.25, 0.3) is 32.9 Å². The van der Waals surface area contributed by atoms with Crippen molar-refractivity contribution in [2.24, 2.45) is 18.4 Å². The van der Waals surface area contributed by atoms with Crippen molar-refractivity contribution in [2.45, 2.75) is 92.4 Å². The van der Waals surface area contributed by atoms with Crippen LogP contribution in [0, 0.1) is 25.2 Å². The Kier molecular flexibility index (Phi) is 6.29. The minimum absolute atomic E-state index is 0.518. The van der Waals surface area contributed by atoms with E-state index in [1.54, 1.807) is 0 Å². The fourth-order valence-electron chi connectivity index (χ4n) is 7.66. The minimum Gasteiger partial charge on any atom is -0.449 e. The molecule has 198 valence electrons. The molecule has 1 saturated carbocycles. The van der Waals surface area contributed by atoms with Crippen LogP contribution in [0.1, 0.15) is 94.4 Å². The molecule has 0 radical (unpaired) electrons. The maximum absolute atomic E-state index is 7.12. The monoisotopic (exact) mass is 506 g/mol. The average Bonchev–Trinajstić information content (AvgIpc) is 2.91. The van der Waals surface area contributed by atoms with Crippen LogP contribution < -0.4 is 9.30 Å². The summed E-state index contributed by atoms with van der Waals surface area (Å²) in [6.45, 7) is 14.0. The molecule has 0 atom stereocenters.